The van der Waals surface area contributed by atoms with Gasteiger partial charge in [0.1, 0.15) is 0 Å². The molecule has 0 radical (unpaired) electrons. The Kier molecular flexibility index (Phi) is 3.01. The van der Waals surface area contributed by atoms with Crippen LogP contribution in [0.5, 0.6) is 0 Å². The summed E-state index contributed by atoms with van der Waals surface area (Å²) in [5, 5.41) is 0. The minimum Gasteiger partial charge on any atom is -0.399 e. The van der Waals surface area contributed by atoms with E-state index in [1.165, 1.54) is 0 Å². The SMILES string of the molecule is COCC(C)(C)c1ccc(N)cc1N. The van der Waals surface area contributed by atoms with Crippen molar-refractivity contribution < 1.29 is 4.74 Å². The maximum absolute atomic E-state index is 5.90. The fourth-order valence-corrected chi connectivity index (χ4v) is 1.64. The molecule has 14 heavy (non-hydrogen) atoms. The lowest BCUT2D eigenvalue weighted by molar-refractivity contribution is 0.147. The van der Waals surface area contributed by atoms with Crippen LogP contribution in [0.4, 0.5) is 11.4 Å². The van der Waals surface area contributed by atoms with Crippen LogP contribution >= 0.6 is 0 Å². The first-order valence-electron chi connectivity index (χ1n) is 4.62. The highest BCUT2D eigenvalue weighted by Gasteiger charge is 2.22. The Morgan fingerprint density at radius 1 is 1.29 bits per heavy atom. The lowest BCUT2D eigenvalue weighted by Crippen LogP contribution is -2.24. The molecule has 3 heteroatoms. The monoisotopic (exact) mass is 194 g/mol. The third-order valence-electron chi connectivity index (χ3n) is 2.31. The predicted molar refractivity (Wildman–Crippen MR) is 60.2 cm³/mol. The van der Waals surface area contributed by atoms with Gasteiger partial charge in [0, 0.05) is 23.9 Å². The number of benzene rings is 1. The molecule has 78 valence electrons. The van der Waals surface area contributed by atoms with E-state index in [1.54, 1.807) is 13.2 Å². The van der Waals surface area contributed by atoms with Crippen LogP contribution in [0.3, 0.4) is 0 Å². The summed E-state index contributed by atoms with van der Waals surface area (Å²) in [4.78, 5) is 0. The first kappa shape index (κ1) is 10.9. The van der Waals surface area contributed by atoms with Gasteiger partial charge < -0.3 is 16.2 Å². The fourth-order valence-electron chi connectivity index (χ4n) is 1.64. The van der Waals surface area contributed by atoms with Gasteiger partial charge in [-0.15, -0.1) is 0 Å². The summed E-state index contributed by atoms with van der Waals surface area (Å²) >= 11 is 0. The summed E-state index contributed by atoms with van der Waals surface area (Å²) in [5.74, 6) is 0. The van der Waals surface area contributed by atoms with Crippen LogP contribution < -0.4 is 11.5 Å². The molecule has 1 rings (SSSR count). The smallest absolute Gasteiger partial charge is 0.0554 e. The number of methoxy groups -OCH3 is 1. The van der Waals surface area contributed by atoms with Crippen LogP contribution in [0.2, 0.25) is 0 Å². The van der Waals surface area contributed by atoms with Crippen molar-refractivity contribution in [3.8, 4) is 0 Å². The van der Waals surface area contributed by atoms with E-state index in [-0.39, 0.29) is 5.41 Å². The third-order valence-corrected chi connectivity index (χ3v) is 2.31. The minimum atomic E-state index is -0.0769. The van der Waals surface area contributed by atoms with Crippen molar-refractivity contribution in [1.82, 2.24) is 0 Å². The summed E-state index contributed by atoms with van der Waals surface area (Å²) in [6.45, 7) is 4.83. The van der Waals surface area contributed by atoms with Crippen LogP contribution in [0, 0.1) is 0 Å². The Labute approximate surface area is 85.0 Å². The van der Waals surface area contributed by atoms with Gasteiger partial charge in [-0.25, -0.2) is 0 Å². The van der Waals surface area contributed by atoms with Crippen LogP contribution in [-0.2, 0) is 10.2 Å². The van der Waals surface area contributed by atoms with Gasteiger partial charge in [0.2, 0.25) is 0 Å². The summed E-state index contributed by atoms with van der Waals surface area (Å²) in [6.07, 6.45) is 0. The Morgan fingerprint density at radius 3 is 2.43 bits per heavy atom. The molecule has 0 fully saturated rings. The Balaban J connectivity index is 3.06. The van der Waals surface area contributed by atoms with Gasteiger partial charge in [-0.2, -0.15) is 0 Å². The van der Waals surface area contributed by atoms with E-state index >= 15 is 0 Å². The van der Waals surface area contributed by atoms with E-state index in [0.717, 1.165) is 11.3 Å². The molecule has 4 N–H and O–H groups in total. The molecule has 1 aromatic rings. The fraction of sp³-hybridized carbons (Fsp3) is 0.455. The van der Waals surface area contributed by atoms with E-state index in [4.69, 9.17) is 16.2 Å². The molecule has 0 saturated carbocycles. The molecule has 0 bridgehead atoms. The number of rotatable bonds is 3. The number of nitrogen functional groups attached to an aromatic ring is 2. The number of anilines is 2. The summed E-state index contributed by atoms with van der Waals surface area (Å²) in [6, 6.07) is 5.61. The lowest BCUT2D eigenvalue weighted by atomic mass is 9.84. The van der Waals surface area contributed by atoms with E-state index in [1.807, 2.05) is 12.1 Å². The van der Waals surface area contributed by atoms with Gasteiger partial charge in [0.15, 0.2) is 0 Å². The van der Waals surface area contributed by atoms with Crippen molar-refractivity contribution in [1.29, 1.82) is 0 Å². The number of nitrogens with two attached hydrogens (primary N) is 2. The molecule has 0 aliphatic rings. The molecule has 0 aliphatic carbocycles. The highest BCUT2D eigenvalue weighted by atomic mass is 16.5. The number of ether oxygens (including phenoxy) is 1. The van der Waals surface area contributed by atoms with Crippen molar-refractivity contribution in [2.45, 2.75) is 19.3 Å². The molecular weight excluding hydrogens is 176 g/mol. The second kappa shape index (κ2) is 3.88. The van der Waals surface area contributed by atoms with Crippen LogP contribution in [0.1, 0.15) is 19.4 Å². The molecule has 0 atom stereocenters. The van der Waals surface area contributed by atoms with Gasteiger partial charge in [-0.1, -0.05) is 19.9 Å². The summed E-state index contributed by atoms with van der Waals surface area (Å²) in [5.41, 5.74) is 14.0. The minimum absolute atomic E-state index is 0.0769. The van der Waals surface area contributed by atoms with Gasteiger partial charge >= 0.3 is 0 Å². The molecule has 0 spiro atoms. The maximum atomic E-state index is 5.90. The second-order valence-corrected chi connectivity index (χ2v) is 4.16. The standard InChI is InChI=1S/C11H18N2O/c1-11(2,7-14-3)9-5-4-8(12)6-10(9)13/h4-6H,7,12-13H2,1-3H3. The van der Waals surface area contributed by atoms with Crippen molar-refractivity contribution in [3.05, 3.63) is 23.8 Å². The molecule has 0 saturated heterocycles. The second-order valence-electron chi connectivity index (χ2n) is 4.16. The first-order valence-corrected chi connectivity index (χ1v) is 4.62. The molecule has 1 aromatic carbocycles. The van der Waals surface area contributed by atoms with Gasteiger partial charge in [0.25, 0.3) is 0 Å². The zero-order valence-electron chi connectivity index (χ0n) is 9.00. The topological polar surface area (TPSA) is 61.3 Å². The van der Waals surface area contributed by atoms with E-state index in [2.05, 4.69) is 13.8 Å². The Hall–Kier alpha value is -1.22. The van der Waals surface area contributed by atoms with Gasteiger partial charge in [-0.3, -0.25) is 0 Å². The quantitative estimate of drug-likeness (QED) is 0.721. The van der Waals surface area contributed by atoms with E-state index in [0.29, 0.717) is 12.3 Å². The number of hydrogen-bond acceptors (Lipinski definition) is 3. The average Bonchev–Trinajstić information content (AvgIpc) is 2.02. The van der Waals surface area contributed by atoms with Crippen molar-refractivity contribution in [3.63, 3.8) is 0 Å². The molecule has 0 amide bonds. The number of hydrogen-bond donors (Lipinski definition) is 2. The van der Waals surface area contributed by atoms with Crippen LogP contribution in [-0.4, -0.2) is 13.7 Å². The first-order chi connectivity index (χ1) is 6.47. The van der Waals surface area contributed by atoms with Crippen molar-refractivity contribution in [2.75, 3.05) is 25.2 Å². The summed E-state index contributed by atoms with van der Waals surface area (Å²) < 4.78 is 5.16. The Bertz CT molecular complexity index is 321. The lowest BCUT2D eigenvalue weighted by Gasteiger charge is -2.25. The van der Waals surface area contributed by atoms with Crippen LogP contribution in [0.25, 0.3) is 0 Å². The van der Waals surface area contributed by atoms with Gasteiger partial charge in [-0.05, 0) is 17.7 Å². The third kappa shape index (κ3) is 2.17. The van der Waals surface area contributed by atoms with Crippen LogP contribution in [0.15, 0.2) is 18.2 Å². The molecule has 0 aliphatic heterocycles. The molecule has 0 heterocycles. The zero-order valence-corrected chi connectivity index (χ0v) is 9.00. The zero-order chi connectivity index (χ0) is 10.8. The van der Waals surface area contributed by atoms with E-state index < -0.39 is 0 Å². The van der Waals surface area contributed by atoms with Gasteiger partial charge in [0.05, 0.1) is 6.61 Å². The molecule has 3 nitrogen and oxygen atoms in total. The normalized spacial score (nSPS) is 11.6. The molecule has 0 unspecified atom stereocenters. The maximum Gasteiger partial charge on any atom is 0.0554 e. The highest BCUT2D eigenvalue weighted by molar-refractivity contribution is 5.58. The summed E-state index contributed by atoms with van der Waals surface area (Å²) in [7, 11) is 1.69. The van der Waals surface area contributed by atoms with E-state index in [9.17, 15) is 0 Å². The largest absolute Gasteiger partial charge is 0.399 e. The predicted octanol–water partition coefficient (Wildman–Crippen LogP) is 1.78. The van der Waals surface area contributed by atoms with Crippen molar-refractivity contribution >= 4 is 11.4 Å². The molecular formula is C11H18N2O. The highest BCUT2D eigenvalue weighted by Crippen LogP contribution is 2.29. The average molecular weight is 194 g/mol. The van der Waals surface area contributed by atoms with Crippen molar-refractivity contribution in [2.24, 2.45) is 0 Å². The Morgan fingerprint density at radius 2 is 1.93 bits per heavy atom. The molecule has 0 aromatic heterocycles.